The van der Waals surface area contributed by atoms with Crippen molar-refractivity contribution in [3.63, 3.8) is 0 Å². The van der Waals surface area contributed by atoms with Crippen molar-refractivity contribution in [2.75, 3.05) is 26.2 Å². The minimum atomic E-state index is 0.325. The maximum absolute atomic E-state index is 6.16. The number of pyridine rings is 2. The summed E-state index contributed by atoms with van der Waals surface area (Å²) in [5.41, 5.74) is 3.38. The summed E-state index contributed by atoms with van der Waals surface area (Å²) < 4.78 is 6.16. The van der Waals surface area contributed by atoms with E-state index in [1.165, 1.54) is 5.56 Å². The highest BCUT2D eigenvalue weighted by molar-refractivity contribution is 5.10. The first kappa shape index (κ1) is 16.6. The predicted octanol–water partition coefficient (Wildman–Crippen LogP) is 2.26. The van der Waals surface area contributed by atoms with Crippen molar-refractivity contribution >= 4 is 0 Å². The lowest BCUT2D eigenvalue weighted by Gasteiger charge is -2.37. The Morgan fingerprint density at radius 1 is 1.16 bits per heavy atom. The Morgan fingerprint density at radius 3 is 2.96 bits per heavy atom. The number of hydrogen-bond donors (Lipinski definition) is 0. The molecule has 5 nitrogen and oxygen atoms in total. The highest BCUT2D eigenvalue weighted by atomic mass is 16.5. The van der Waals surface area contributed by atoms with E-state index in [1.54, 1.807) is 0 Å². The van der Waals surface area contributed by atoms with Crippen LogP contribution in [0, 0.1) is 6.92 Å². The van der Waals surface area contributed by atoms with Gasteiger partial charge >= 0.3 is 0 Å². The van der Waals surface area contributed by atoms with Crippen LogP contribution in [-0.4, -0.2) is 58.1 Å². The number of rotatable bonds is 5. The van der Waals surface area contributed by atoms with Gasteiger partial charge in [-0.1, -0.05) is 12.1 Å². The van der Waals surface area contributed by atoms with Crippen molar-refractivity contribution < 1.29 is 4.74 Å². The molecule has 2 aromatic heterocycles. The zero-order valence-electron chi connectivity index (χ0n) is 14.8. The summed E-state index contributed by atoms with van der Waals surface area (Å²) in [6.45, 7) is 8.07. The van der Waals surface area contributed by atoms with Gasteiger partial charge in [-0.2, -0.15) is 0 Å². The lowest BCUT2D eigenvalue weighted by Crippen LogP contribution is -2.49. The maximum atomic E-state index is 6.16. The number of ether oxygens (including phenoxy) is 1. The first-order chi connectivity index (χ1) is 12.3. The second-order valence-corrected chi connectivity index (χ2v) is 7.18. The number of nitrogens with zero attached hydrogens (tertiary/aromatic N) is 4. The van der Waals surface area contributed by atoms with Gasteiger partial charge in [-0.05, 0) is 37.1 Å². The van der Waals surface area contributed by atoms with E-state index in [0.29, 0.717) is 18.8 Å². The van der Waals surface area contributed by atoms with Crippen LogP contribution in [0.5, 0.6) is 0 Å². The fourth-order valence-corrected chi connectivity index (χ4v) is 3.96. The van der Waals surface area contributed by atoms with Crippen LogP contribution in [0.2, 0.25) is 0 Å². The standard InChI is InChI=1S/C20H26N4O/c1-16-4-2-6-18(22-16)15-25-20-10-19-13-23(8-9-24(19)14-20)12-17-5-3-7-21-11-17/h2-7,11,19-20H,8-10,12-15H2,1H3/t19-,20+/m1/s1. The number of fused-ring (bicyclic) bond motifs is 1. The van der Waals surface area contributed by atoms with Crippen molar-refractivity contribution in [2.45, 2.75) is 38.6 Å². The zero-order valence-corrected chi connectivity index (χ0v) is 14.8. The summed E-state index contributed by atoms with van der Waals surface area (Å²) in [6.07, 6.45) is 5.26. The van der Waals surface area contributed by atoms with Gasteiger partial charge in [0.1, 0.15) is 0 Å². The van der Waals surface area contributed by atoms with Crippen molar-refractivity contribution in [1.29, 1.82) is 0 Å². The molecule has 25 heavy (non-hydrogen) atoms. The van der Waals surface area contributed by atoms with Gasteiger partial charge in [0, 0.05) is 56.9 Å². The Labute approximate surface area is 149 Å². The Bertz CT molecular complexity index is 693. The van der Waals surface area contributed by atoms with E-state index >= 15 is 0 Å². The molecular formula is C20H26N4O. The molecule has 0 spiro atoms. The average molecular weight is 338 g/mol. The number of hydrogen-bond acceptors (Lipinski definition) is 5. The van der Waals surface area contributed by atoms with Gasteiger partial charge in [0.25, 0.3) is 0 Å². The van der Waals surface area contributed by atoms with Crippen LogP contribution < -0.4 is 0 Å². The molecule has 0 aliphatic carbocycles. The van der Waals surface area contributed by atoms with Gasteiger partial charge in [-0.3, -0.25) is 19.8 Å². The molecule has 0 aromatic carbocycles. The third kappa shape index (κ3) is 4.24. The predicted molar refractivity (Wildman–Crippen MR) is 97.0 cm³/mol. The molecule has 0 amide bonds. The molecule has 0 radical (unpaired) electrons. The normalized spacial score (nSPS) is 24.4. The molecule has 2 atom stereocenters. The van der Waals surface area contributed by atoms with Crippen LogP contribution in [0.3, 0.4) is 0 Å². The summed E-state index contributed by atoms with van der Waals surface area (Å²) in [5, 5.41) is 0. The van der Waals surface area contributed by atoms with Gasteiger partial charge in [-0.15, -0.1) is 0 Å². The minimum Gasteiger partial charge on any atom is -0.371 e. The first-order valence-electron chi connectivity index (χ1n) is 9.16. The zero-order chi connectivity index (χ0) is 17.1. The molecule has 2 aromatic rings. The maximum Gasteiger partial charge on any atom is 0.0892 e. The van der Waals surface area contributed by atoms with E-state index in [4.69, 9.17) is 4.74 Å². The van der Waals surface area contributed by atoms with E-state index < -0.39 is 0 Å². The topological polar surface area (TPSA) is 41.5 Å². The number of aryl methyl sites for hydroxylation is 1. The molecule has 132 valence electrons. The molecule has 0 saturated carbocycles. The highest BCUT2D eigenvalue weighted by Crippen LogP contribution is 2.25. The van der Waals surface area contributed by atoms with E-state index in [-0.39, 0.29) is 0 Å². The molecule has 4 heterocycles. The Balaban J connectivity index is 1.28. The van der Waals surface area contributed by atoms with Crippen LogP contribution in [0.4, 0.5) is 0 Å². The minimum absolute atomic E-state index is 0.325. The Kier molecular flexibility index (Phi) is 5.06. The fourth-order valence-electron chi connectivity index (χ4n) is 3.96. The number of piperazine rings is 1. The smallest absolute Gasteiger partial charge is 0.0892 e. The van der Waals surface area contributed by atoms with Gasteiger partial charge in [0.05, 0.1) is 18.4 Å². The van der Waals surface area contributed by atoms with E-state index in [2.05, 4.69) is 31.9 Å². The third-order valence-electron chi connectivity index (χ3n) is 5.20. The average Bonchev–Trinajstić information content (AvgIpc) is 3.03. The second-order valence-electron chi connectivity index (χ2n) is 7.18. The van der Waals surface area contributed by atoms with Crippen molar-refractivity contribution in [2.24, 2.45) is 0 Å². The van der Waals surface area contributed by atoms with Crippen molar-refractivity contribution in [3.8, 4) is 0 Å². The van der Waals surface area contributed by atoms with Crippen LogP contribution in [0.25, 0.3) is 0 Å². The molecule has 2 aliphatic rings. The van der Waals surface area contributed by atoms with E-state index in [1.807, 2.05) is 37.5 Å². The van der Waals surface area contributed by atoms with Gasteiger partial charge < -0.3 is 4.74 Å². The lowest BCUT2D eigenvalue weighted by atomic mass is 10.1. The summed E-state index contributed by atoms with van der Waals surface area (Å²) in [6, 6.07) is 10.9. The molecular weight excluding hydrogens is 312 g/mol. The molecule has 0 bridgehead atoms. The molecule has 2 aliphatic heterocycles. The largest absolute Gasteiger partial charge is 0.371 e. The summed E-state index contributed by atoms with van der Waals surface area (Å²) in [5.74, 6) is 0. The first-order valence-corrected chi connectivity index (χ1v) is 9.16. The molecule has 4 rings (SSSR count). The van der Waals surface area contributed by atoms with Crippen LogP contribution >= 0.6 is 0 Å². The lowest BCUT2D eigenvalue weighted by molar-refractivity contribution is 0.0439. The Hall–Kier alpha value is -1.82. The molecule has 2 saturated heterocycles. The summed E-state index contributed by atoms with van der Waals surface area (Å²) in [4.78, 5) is 13.9. The van der Waals surface area contributed by atoms with Crippen LogP contribution in [0.15, 0.2) is 42.7 Å². The third-order valence-corrected chi connectivity index (χ3v) is 5.20. The van der Waals surface area contributed by atoms with E-state index in [0.717, 1.165) is 50.5 Å². The van der Waals surface area contributed by atoms with Gasteiger partial charge in [-0.25, -0.2) is 0 Å². The molecule has 0 N–H and O–H groups in total. The fraction of sp³-hybridized carbons (Fsp3) is 0.500. The Morgan fingerprint density at radius 2 is 2.12 bits per heavy atom. The van der Waals surface area contributed by atoms with E-state index in [9.17, 15) is 0 Å². The monoisotopic (exact) mass is 338 g/mol. The highest BCUT2D eigenvalue weighted by Gasteiger charge is 2.36. The summed E-state index contributed by atoms with van der Waals surface area (Å²) >= 11 is 0. The summed E-state index contributed by atoms with van der Waals surface area (Å²) in [7, 11) is 0. The van der Waals surface area contributed by atoms with Gasteiger partial charge in [0.2, 0.25) is 0 Å². The van der Waals surface area contributed by atoms with Crippen LogP contribution in [-0.2, 0) is 17.9 Å². The second kappa shape index (κ2) is 7.60. The SMILES string of the molecule is Cc1cccc(CO[C@H]2C[C@@H]3CN(Cc4cccnc4)CCN3C2)n1. The number of aromatic nitrogens is 2. The molecule has 0 unspecified atom stereocenters. The van der Waals surface area contributed by atoms with Crippen LogP contribution in [0.1, 0.15) is 23.4 Å². The van der Waals surface area contributed by atoms with Crippen molar-refractivity contribution in [1.82, 2.24) is 19.8 Å². The van der Waals surface area contributed by atoms with Gasteiger partial charge in [0.15, 0.2) is 0 Å². The van der Waals surface area contributed by atoms with Crippen molar-refractivity contribution in [3.05, 3.63) is 59.7 Å². The molecule has 5 heteroatoms. The quantitative estimate of drug-likeness (QED) is 0.836. The molecule has 2 fully saturated rings.